The van der Waals surface area contributed by atoms with Crippen LogP contribution in [0.15, 0.2) is 36.4 Å². The van der Waals surface area contributed by atoms with Crippen LogP contribution >= 0.6 is 0 Å². The minimum Gasteiger partial charge on any atom is -0.310 e. The minimum absolute atomic E-state index is 0.0216. The maximum atomic E-state index is 13.0. The number of nitro benzene ring substituents is 1. The predicted octanol–water partition coefficient (Wildman–Crippen LogP) is 2.75. The number of amides is 3. The first-order valence-electron chi connectivity index (χ1n) is 9.13. The van der Waals surface area contributed by atoms with Crippen LogP contribution in [0.3, 0.4) is 0 Å². The van der Waals surface area contributed by atoms with Gasteiger partial charge in [0.15, 0.2) is 0 Å². The van der Waals surface area contributed by atoms with E-state index in [0.29, 0.717) is 5.69 Å². The summed E-state index contributed by atoms with van der Waals surface area (Å²) in [6.07, 6.45) is 0.0764. The molecule has 9 heteroatoms. The summed E-state index contributed by atoms with van der Waals surface area (Å²) in [4.78, 5) is 50.7. The van der Waals surface area contributed by atoms with Crippen molar-refractivity contribution in [2.75, 3.05) is 18.0 Å². The normalized spacial score (nSPS) is 12.5. The number of nitro groups is 1. The summed E-state index contributed by atoms with van der Waals surface area (Å²) < 4.78 is 0. The summed E-state index contributed by atoms with van der Waals surface area (Å²) in [5.41, 5.74) is 2.03. The number of rotatable bonds is 6. The van der Waals surface area contributed by atoms with Crippen LogP contribution in [0, 0.1) is 35.3 Å². The van der Waals surface area contributed by atoms with Crippen molar-refractivity contribution in [1.82, 2.24) is 4.90 Å². The zero-order valence-corrected chi connectivity index (χ0v) is 16.4. The van der Waals surface area contributed by atoms with Gasteiger partial charge in [-0.25, -0.2) is 0 Å². The van der Waals surface area contributed by atoms with E-state index in [-0.39, 0.29) is 29.8 Å². The molecule has 3 amide bonds. The molecule has 0 radical (unpaired) electrons. The topological polar surface area (TPSA) is 125 Å². The van der Waals surface area contributed by atoms with Crippen LogP contribution < -0.4 is 4.90 Å². The van der Waals surface area contributed by atoms with Crippen molar-refractivity contribution in [3.63, 3.8) is 0 Å². The highest BCUT2D eigenvalue weighted by Gasteiger charge is 2.38. The number of imide groups is 1. The lowest BCUT2D eigenvalue weighted by Crippen LogP contribution is -2.43. The smallest absolute Gasteiger partial charge is 0.270 e. The molecule has 0 unspecified atom stereocenters. The quantitative estimate of drug-likeness (QED) is 0.413. The zero-order valence-electron chi connectivity index (χ0n) is 16.4. The first-order chi connectivity index (χ1) is 14.2. The summed E-state index contributed by atoms with van der Waals surface area (Å²) in [5.74, 6) is -1.97. The number of hydrogen-bond donors (Lipinski definition) is 0. The Morgan fingerprint density at radius 2 is 1.73 bits per heavy atom. The van der Waals surface area contributed by atoms with Crippen molar-refractivity contribution >= 4 is 29.1 Å². The predicted molar refractivity (Wildman–Crippen MR) is 107 cm³/mol. The fourth-order valence-electron chi connectivity index (χ4n) is 3.42. The highest BCUT2D eigenvalue weighted by Crippen LogP contribution is 2.27. The fraction of sp³-hybridized carbons (Fsp3) is 0.238. The van der Waals surface area contributed by atoms with E-state index in [1.807, 2.05) is 26.0 Å². The van der Waals surface area contributed by atoms with Gasteiger partial charge in [0.25, 0.3) is 17.5 Å². The monoisotopic (exact) mass is 406 g/mol. The highest BCUT2D eigenvalue weighted by atomic mass is 16.6. The molecule has 1 aliphatic rings. The Labute approximate surface area is 172 Å². The lowest BCUT2D eigenvalue weighted by molar-refractivity contribution is -0.384. The van der Waals surface area contributed by atoms with Crippen LogP contribution in [-0.4, -0.2) is 40.6 Å². The molecule has 1 heterocycles. The van der Waals surface area contributed by atoms with E-state index in [1.54, 1.807) is 12.1 Å². The second kappa shape index (κ2) is 8.13. The van der Waals surface area contributed by atoms with Crippen LogP contribution in [0.2, 0.25) is 0 Å². The number of nitrogens with zero attached hydrogens (tertiary/aromatic N) is 4. The van der Waals surface area contributed by atoms with Gasteiger partial charge in [0.2, 0.25) is 5.91 Å². The van der Waals surface area contributed by atoms with Gasteiger partial charge in [-0.1, -0.05) is 6.07 Å². The number of anilines is 1. The molecular weight excluding hydrogens is 388 g/mol. The minimum atomic E-state index is -0.757. The molecule has 0 saturated heterocycles. The molecule has 0 bridgehead atoms. The van der Waals surface area contributed by atoms with Crippen LogP contribution in [0.1, 0.15) is 38.3 Å². The average molecular weight is 406 g/mol. The fourth-order valence-corrected chi connectivity index (χ4v) is 3.42. The molecule has 0 N–H and O–H groups in total. The van der Waals surface area contributed by atoms with Crippen molar-refractivity contribution in [3.05, 3.63) is 68.8 Å². The van der Waals surface area contributed by atoms with E-state index in [1.165, 1.54) is 11.0 Å². The Bertz CT molecular complexity index is 1100. The molecule has 0 spiro atoms. The van der Waals surface area contributed by atoms with Crippen LogP contribution in [0.5, 0.6) is 0 Å². The molecule has 152 valence electrons. The van der Waals surface area contributed by atoms with Gasteiger partial charge in [0, 0.05) is 24.4 Å². The molecule has 0 aliphatic carbocycles. The number of benzene rings is 2. The SMILES string of the molecule is Cc1cc(C)cc(N(CCC#N)C(=O)CN2C(=O)c3ccc([N+](=O)[O-])cc3C2=O)c1. The van der Waals surface area contributed by atoms with Gasteiger partial charge in [0.05, 0.1) is 28.5 Å². The number of hydrogen-bond acceptors (Lipinski definition) is 6. The number of non-ortho nitro benzene ring substituents is 1. The standard InChI is InChI=1S/C21H18N4O5/c1-13-8-14(2)10-16(9-13)23(7-3-6-22)19(26)12-24-20(27)17-5-4-15(25(29)30)11-18(17)21(24)28/h4-5,8-11H,3,7,12H2,1-2H3. The van der Waals surface area contributed by atoms with Gasteiger partial charge >= 0.3 is 0 Å². The summed E-state index contributed by atoms with van der Waals surface area (Å²) in [6, 6.07) is 10.9. The van der Waals surface area contributed by atoms with E-state index < -0.39 is 29.2 Å². The van der Waals surface area contributed by atoms with Gasteiger partial charge in [-0.05, 0) is 43.2 Å². The molecule has 9 nitrogen and oxygen atoms in total. The third-order valence-corrected chi connectivity index (χ3v) is 4.72. The molecule has 0 saturated carbocycles. The number of carbonyl (C=O) groups excluding carboxylic acids is 3. The van der Waals surface area contributed by atoms with Crippen LogP contribution in [0.4, 0.5) is 11.4 Å². The maximum absolute atomic E-state index is 13.0. The molecule has 2 aromatic rings. The molecule has 0 atom stereocenters. The molecule has 3 rings (SSSR count). The van der Waals surface area contributed by atoms with E-state index in [4.69, 9.17) is 5.26 Å². The number of nitriles is 1. The van der Waals surface area contributed by atoms with E-state index in [9.17, 15) is 24.5 Å². The van der Waals surface area contributed by atoms with Crippen molar-refractivity contribution in [1.29, 1.82) is 5.26 Å². The van der Waals surface area contributed by atoms with Crippen LogP contribution in [-0.2, 0) is 4.79 Å². The largest absolute Gasteiger partial charge is 0.310 e. The van der Waals surface area contributed by atoms with Gasteiger partial charge < -0.3 is 4.90 Å². The van der Waals surface area contributed by atoms with Gasteiger partial charge in [0.1, 0.15) is 6.54 Å². The van der Waals surface area contributed by atoms with E-state index in [0.717, 1.165) is 28.2 Å². The van der Waals surface area contributed by atoms with E-state index in [2.05, 4.69) is 0 Å². The van der Waals surface area contributed by atoms with Crippen LogP contribution in [0.25, 0.3) is 0 Å². The Balaban J connectivity index is 1.88. The molecule has 0 aromatic heterocycles. The number of carbonyl (C=O) groups is 3. The summed E-state index contributed by atoms with van der Waals surface area (Å²) >= 11 is 0. The van der Waals surface area contributed by atoms with Gasteiger partial charge in [-0.2, -0.15) is 5.26 Å². The second-order valence-electron chi connectivity index (χ2n) is 6.98. The van der Waals surface area contributed by atoms with Crippen molar-refractivity contribution < 1.29 is 19.3 Å². The Hall–Kier alpha value is -4.06. The van der Waals surface area contributed by atoms with E-state index >= 15 is 0 Å². The Kier molecular flexibility index (Phi) is 5.60. The third-order valence-electron chi connectivity index (χ3n) is 4.72. The lowest BCUT2D eigenvalue weighted by atomic mass is 10.1. The van der Waals surface area contributed by atoms with Crippen molar-refractivity contribution in [3.8, 4) is 6.07 Å². The third kappa shape index (κ3) is 3.89. The zero-order chi connectivity index (χ0) is 22.0. The molecule has 1 aliphatic heterocycles. The Morgan fingerprint density at radius 3 is 2.33 bits per heavy atom. The average Bonchev–Trinajstić information content (AvgIpc) is 2.92. The molecule has 2 aromatic carbocycles. The van der Waals surface area contributed by atoms with Crippen molar-refractivity contribution in [2.45, 2.75) is 20.3 Å². The number of aryl methyl sites for hydroxylation is 2. The first kappa shape index (κ1) is 20.7. The summed E-state index contributed by atoms with van der Waals surface area (Å²) in [5, 5.41) is 19.9. The lowest BCUT2D eigenvalue weighted by Gasteiger charge is -2.25. The molecule has 0 fully saturated rings. The summed E-state index contributed by atoms with van der Waals surface area (Å²) in [7, 11) is 0. The Morgan fingerprint density at radius 1 is 1.10 bits per heavy atom. The maximum Gasteiger partial charge on any atom is 0.270 e. The first-order valence-corrected chi connectivity index (χ1v) is 9.13. The molecular formula is C21H18N4O5. The van der Waals surface area contributed by atoms with Gasteiger partial charge in [-0.15, -0.1) is 0 Å². The van der Waals surface area contributed by atoms with Crippen molar-refractivity contribution in [2.24, 2.45) is 0 Å². The molecule has 30 heavy (non-hydrogen) atoms. The summed E-state index contributed by atoms with van der Waals surface area (Å²) in [6.45, 7) is 3.33. The number of fused-ring (bicyclic) bond motifs is 1. The second-order valence-corrected chi connectivity index (χ2v) is 6.98. The van der Waals surface area contributed by atoms with Gasteiger partial charge in [-0.3, -0.25) is 29.4 Å². The highest BCUT2D eigenvalue weighted by molar-refractivity contribution is 6.23.